The van der Waals surface area contributed by atoms with Gasteiger partial charge < -0.3 is 15.7 Å². The van der Waals surface area contributed by atoms with Crippen molar-refractivity contribution in [3.8, 4) is 5.75 Å². The Bertz CT molecular complexity index is 343. The van der Waals surface area contributed by atoms with Gasteiger partial charge in [-0.1, -0.05) is 16.8 Å². The summed E-state index contributed by atoms with van der Waals surface area (Å²) in [6, 6.07) is 1.59. The molecule has 1 aromatic heterocycles. The van der Waals surface area contributed by atoms with E-state index in [4.69, 9.17) is 27.3 Å². The second kappa shape index (κ2) is 4.66. The zero-order chi connectivity index (χ0) is 10.6. The van der Waals surface area contributed by atoms with Crippen molar-refractivity contribution in [2.24, 2.45) is 10.9 Å². The van der Waals surface area contributed by atoms with Gasteiger partial charge in [0, 0.05) is 12.3 Å². The van der Waals surface area contributed by atoms with Gasteiger partial charge in [-0.25, -0.2) is 0 Å². The Kier molecular flexibility index (Phi) is 3.53. The molecule has 1 rings (SSSR count). The lowest BCUT2D eigenvalue weighted by Crippen LogP contribution is -2.31. The van der Waals surface area contributed by atoms with Crippen LogP contribution in [0.4, 0.5) is 0 Å². The first kappa shape index (κ1) is 10.6. The van der Waals surface area contributed by atoms with Crippen molar-refractivity contribution >= 4 is 17.4 Å². The van der Waals surface area contributed by atoms with E-state index in [1.54, 1.807) is 13.0 Å². The number of pyridine rings is 1. The summed E-state index contributed by atoms with van der Waals surface area (Å²) in [7, 11) is 0. The highest BCUT2D eigenvalue weighted by molar-refractivity contribution is 6.30. The lowest BCUT2D eigenvalue weighted by Gasteiger charge is -2.12. The van der Waals surface area contributed by atoms with Crippen LogP contribution in [0.5, 0.6) is 5.75 Å². The van der Waals surface area contributed by atoms with Gasteiger partial charge in [0.05, 0.1) is 11.2 Å². The van der Waals surface area contributed by atoms with Gasteiger partial charge in [0.15, 0.2) is 11.9 Å². The van der Waals surface area contributed by atoms with Crippen molar-refractivity contribution in [2.45, 2.75) is 13.0 Å². The van der Waals surface area contributed by atoms with Gasteiger partial charge in [-0.15, -0.1) is 0 Å². The van der Waals surface area contributed by atoms with Crippen LogP contribution < -0.4 is 10.5 Å². The second-order valence-electron chi connectivity index (χ2n) is 2.62. The van der Waals surface area contributed by atoms with Crippen LogP contribution in [0.1, 0.15) is 6.92 Å². The summed E-state index contributed by atoms with van der Waals surface area (Å²) in [6.07, 6.45) is 2.45. The lowest BCUT2D eigenvalue weighted by molar-refractivity contribution is 0.265. The molecule has 1 atom stereocenters. The van der Waals surface area contributed by atoms with Crippen molar-refractivity contribution in [3.63, 3.8) is 0 Å². The molecule has 0 fully saturated rings. The van der Waals surface area contributed by atoms with Crippen LogP contribution in [-0.4, -0.2) is 22.1 Å². The van der Waals surface area contributed by atoms with Crippen molar-refractivity contribution < 1.29 is 9.94 Å². The first-order chi connectivity index (χ1) is 6.63. The van der Waals surface area contributed by atoms with E-state index in [0.29, 0.717) is 10.8 Å². The van der Waals surface area contributed by atoms with E-state index < -0.39 is 6.10 Å². The smallest absolute Gasteiger partial charge is 0.180 e. The molecule has 1 unspecified atom stereocenters. The van der Waals surface area contributed by atoms with Crippen molar-refractivity contribution in [2.75, 3.05) is 0 Å². The average Bonchev–Trinajstić information content (AvgIpc) is 2.16. The maximum Gasteiger partial charge on any atom is 0.180 e. The Hall–Kier alpha value is -1.49. The van der Waals surface area contributed by atoms with Crippen LogP contribution in [-0.2, 0) is 0 Å². The fourth-order valence-corrected chi connectivity index (χ4v) is 0.967. The molecule has 6 heteroatoms. The predicted octanol–water partition coefficient (Wildman–Crippen LogP) is 1.25. The maximum absolute atomic E-state index is 8.38. The fourth-order valence-electron chi connectivity index (χ4n) is 0.803. The van der Waals surface area contributed by atoms with Gasteiger partial charge in [0.1, 0.15) is 5.75 Å². The summed E-state index contributed by atoms with van der Waals surface area (Å²) in [5.74, 6) is 0.460. The first-order valence-electron chi connectivity index (χ1n) is 3.88. The van der Waals surface area contributed by atoms with Gasteiger partial charge in [-0.3, -0.25) is 4.98 Å². The zero-order valence-corrected chi connectivity index (χ0v) is 8.27. The molecular weight excluding hydrogens is 206 g/mol. The monoisotopic (exact) mass is 215 g/mol. The predicted molar refractivity (Wildman–Crippen MR) is 52.7 cm³/mol. The highest BCUT2D eigenvalue weighted by Crippen LogP contribution is 2.16. The quantitative estimate of drug-likeness (QED) is 0.344. The first-order valence-corrected chi connectivity index (χ1v) is 4.26. The highest BCUT2D eigenvalue weighted by Gasteiger charge is 2.09. The molecule has 0 aromatic carbocycles. The molecule has 0 amide bonds. The highest BCUT2D eigenvalue weighted by atomic mass is 35.5. The maximum atomic E-state index is 8.38. The van der Waals surface area contributed by atoms with E-state index in [9.17, 15) is 0 Å². The number of hydrogen-bond donors (Lipinski definition) is 2. The number of oxime groups is 1. The van der Waals surface area contributed by atoms with Crippen LogP contribution in [0.15, 0.2) is 23.6 Å². The molecule has 0 aliphatic rings. The van der Waals surface area contributed by atoms with Crippen LogP contribution in [0.25, 0.3) is 0 Å². The molecular formula is C8H10ClN3O2. The standard InChI is InChI=1S/C8H10ClN3O2/c1-5(8(10)12-13)14-7-2-6(9)3-11-4-7/h2-5,13H,1H3,(H2,10,12). The normalized spacial score (nSPS) is 13.7. The average molecular weight is 216 g/mol. The number of halogens is 1. The van der Waals surface area contributed by atoms with Crippen LogP contribution >= 0.6 is 11.6 Å². The largest absolute Gasteiger partial charge is 0.481 e. The van der Waals surface area contributed by atoms with Gasteiger partial charge >= 0.3 is 0 Å². The Morgan fingerprint density at radius 1 is 1.71 bits per heavy atom. The zero-order valence-electron chi connectivity index (χ0n) is 7.51. The molecule has 76 valence electrons. The van der Waals surface area contributed by atoms with E-state index in [1.807, 2.05) is 0 Å². The minimum Gasteiger partial charge on any atom is -0.481 e. The van der Waals surface area contributed by atoms with E-state index in [1.165, 1.54) is 12.4 Å². The Morgan fingerprint density at radius 3 is 3.00 bits per heavy atom. The van der Waals surface area contributed by atoms with E-state index in [-0.39, 0.29) is 5.84 Å². The summed E-state index contributed by atoms with van der Waals surface area (Å²) in [5.41, 5.74) is 5.32. The molecule has 0 aliphatic carbocycles. The minimum atomic E-state index is -0.528. The Labute approximate surface area is 86.1 Å². The summed E-state index contributed by atoms with van der Waals surface area (Å²) in [5, 5.41) is 11.7. The van der Waals surface area contributed by atoms with Crippen molar-refractivity contribution in [1.29, 1.82) is 0 Å². The SMILES string of the molecule is CC(Oc1cncc(Cl)c1)/C(N)=N/O. The topological polar surface area (TPSA) is 80.7 Å². The van der Waals surface area contributed by atoms with Crippen LogP contribution in [0, 0.1) is 0 Å². The summed E-state index contributed by atoms with van der Waals surface area (Å²) < 4.78 is 5.29. The molecule has 0 bridgehead atoms. The molecule has 0 saturated carbocycles. The van der Waals surface area contributed by atoms with Crippen LogP contribution in [0.2, 0.25) is 5.02 Å². The van der Waals surface area contributed by atoms with Crippen molar-refractivity contribution in [3.05, 3.63) is 23.5 Å². The molecule has 0 aliphatic heterocycles. The number of aromatic nitrogens is 1. The number of rotatable bonds is 3. The van der Waals surface area contributed by atoms with E-state index in [2.05, 4.69) is 10.1 Å². The van der Waals surface area contributed by atoms with Crippen LogP contribution in [0.3, 0.4) is 0 Å². The van der Waals surface area contributed by atoms with Gasteiger partial charge in [0.25, 0.3) is 0 Å². The van der Waals surface area contributed by atoms with E-state index >= 15 is 0 Å². The number of ether oxygens (including phenoxy) is 1. The van der Waals surface area contributed by atoms with E-state index in [0.717, 1.165) is 0 Å². The minimum absolute atomic E-state index is 0.00928. The third-order valence-corrected chi connectivity index (χ3v) is 1.73. The Morgan fingerprint density at radius 2 is 2.43 bits per heavy atom. The Balaban J connectivity index is 2.69. The molecule has 1 heterocycles. The molecule has 5 nitrogen and oxygen atoms in total. The second-order valence-corrected chi connectivity index (χ2v) is 3.06. The number of amidine groups is 1. The van der Waals surface area contributed by atoms with Crippen molar-refractivity contribution in [1.82, 2.24) is 4.98 Å². The van der Waals surface area contributed by atoms with Gasteiger partial charge in [-0.2, -0.15) is 0 Å². The molecule has 1 aromatic rings. The molecule has 14 heavy (non-hydrogen) atoms. The number of nitrogens with two attached hydrogens (primary N) is 1. The number of hydrogen-bond acceptors (Lipinski definition) is 4. The molecule has 0 radical (unpaired) electrons. The molecule has 0 spiro atoms. The summed E-state index contributed by atoms with van der Waals surface area (Å²) in [6.45, 7) is 1.65. The summed E-state index contributed by atoms with van der Waals surface area (Å²) in [4.78, 5) is 3.82. The third-order valence-electron chi connectivity index (χ3n) is 1.52. The number of nitrogens with zero attached hydrogens (tertiary/aromatic N) is 2. The molecule has 3 N–H and O–H groups in total. The lowest BCUT2D eigenvalue weighted by atomic mass is 10.3. The molecule has 0 saturated heterocycles. The van der Waals surface area contributed by atoms with Gasteiger partial charge in [0.2, 0.25) is 0 Å². The van der Waals surface area contributed by atoms with Gasteiger partial charge in [-0.05, 0) is 6.92 Å². The third kappa shape index (κ3) is 2.77. The summed E-state index contributed by atoms with van der Waals surface area (Å²) >= 11 is 5.69. The fraction of sp³-hybridized carbons (Fsp3) is 0.250.